The fourth-order valence-electron chi connectivity index (χ4n) is 3.19. The molecule has 0 aliphatic carbocycles. The summed E-state index contributed by atoms with van der Waals surface area (Å²) in [6.07, 6.45) is 4.33. The molecule has 0 aliphatic rings. The van der Waals surface area contributed by atoms with Crippen molar-refractivity contribution in [3.8, 4) is 0 Å². The quantitative estimate of drug-likeness (QED) is 0.300. The lowest BCUT2D eigenvalue weighted by atomic mass is 10.1. The molecule has 0 radical (unpaired) electrons. The van der Waals surface area contributed by atoms with E-state index in [2.05, 4.69) is 21.3 Å². The number of rotatable bonds is 13. The van der Waals surface area contributed by atoms with Gasteiger partial charge in [0.2, 0.25) is 23.6 Å². The summed E-state index contributed by atoms with van der Waals surface area (Å²) in [5.74, 6) is -0.305. The van der Waals surface area contributed by atoms with E-state index in [1.807, 2.05) is 13.8 Å². The zero-order valence-electron chi connectivity index (χ0n) is 19.9. The molecular weight excluding hydrogens is 432 g/mol. The molecule has 2 aromatic carbocycles. The number of nitrogens with one attached hydrogen (secondary N) is 4. The number of amides is 4. The average Bonchev–Trinajstić information content (AvgIpc) is 2.80. The molecule has 2 aromatic rings. The first-order valence-electron chi connectivity index (χ1n) is 11.8. The SMILES string of the molecule is CCCC(=O)Nc1ccc(NC(=O)CCCCC(=O)Nc2ccc(NC(=O)CCC)cc2)cc1. The molecule has 0 spiro atoms. The molecule has 0 heterocycles. The Labute approximate surface area is 200 Å². The van der Waals surface area contributed by atoms with Crippen molar-refractivity contribution in [1.82, 2.24) is 0 Å². The predicted octanol–water partition coefficient (Wildman–Crippen LogP) is 5.30. The summed E-state index contributed by atoms with van der Waals surface area (Å²) in [6, 6.07) is 14.0. The Balaban J connectivity index is 1.64. The summed E-state index contributed by atoms with van der Waals surface area (Å²) in [6.45, 7) is 3.89. The minimum Gasteiger partial charge on any atom is -0.326 e. The summed E-state index contributed by atoms with van der Waals surface area (Å²) in [7, 11) is 0. The molecule has 0 fully saturated rings. The van der Waals surface area contributed by atoms with Crippen LogP contribution in [0.4, 0.5) is 22.7 Å². The van der Waals surface area contributed by atoms with Gasteiger partial charge in [0.1, 0.15) is 0 Å². The van der Waals surface area contributed by atoms with Gasteiger partial charge in [-0.05, 0) is 74.2 Å². The van der Waals surface area contributed by atoms with Crippen molar-refractivity contribution < 1.29 is 19.2 Å². The summed E-state index contributed by atoms with van der Waals surface area (Å²) in [5.41, 5.74) is 2.70. The van der Waals surface area contributed by atoms with Crippen LogP contribution in [0, 0.1) is 0 Å². The summed E-state index contributed by atoms with van der Waals surface area (Å²) in [4.78, 5) is 47.5. The van der Waals surface area contributed by atoms with E-state index in [0.29, 0.717) is 61.3 Å². The first kappa shape index (κ1) is 26.6. The molecule has 0 bridgehead atoms. The highest BCUT2D eigenvalue weighted by Crippen LogP contribution is 2.16. The number of anilines is 4. The Hall–Kier alpha value is -3.68. The zero-order chi connectivity index (χ0) is 24.8. The van der Waals surface area contributed by atoms with Gasteiger partial charge in [0, 0.05) is 48.4 Å². The van der Waals surface area contributed by atoms with Crippen molar-refractivity contribution in [2.75, 3.05) is 21.3 Å². The Morgan fingerprint density at radius 2 is 0.706 bits per heavy atom. The van der Waals surface area contributed by atoms with Crippen molar-refractivity contribution in [1.29, 1.82) is 0 Å². The Kier molecular flexibility index (Phi) is 11.3. The minimum absolute atomic E-state index is 0.0313. The highest BCUT2D eigenvalue weighted by atomic mass is 16.2. The monoisotopic (exact) mass is 466 g/mol. The molecule has 4 amide bonds. The Morgan fingerprint density at radius 3 is 0.941 bits per heavy atom. The molecule has 4 N–H and O–H groups in total. The Morgan fingerprint density at radius 1 is 0.471 bits per heavy atom. The van der Waals surface area contributed by atoms with Gasteiger partial charge in [-0.2, -0.15) is 0 Å². The van der Waals surface area contributed by atoms with Gasteiger partial charge in [-0.15, -0.1) is 0 Å². The van der Waals surface area contributed by atoms with Crippen LogP contribution in [0.25, 0.3) is 0 Å². The van der Waals surface area contributed by atoms with Gasteiger partial charge in [0.15, 0.2) is 0 Å². The molecule has 182 valence electrons. The van der Waals surface area contributed by atoms with Crippen LogP contribution in [0.3, 0.4) is 0 Å². The van der Waals surface area contributed by atoms with Gasteiger partial charge in [0.05, 0.1) is 0 Å². The van der Waals surface area contributed by atoms with Crippen LogP contribution < -0.4 is 21.3 Å². The smallest absolute Gasteiger partial charge is 0.224 e. The highest BCUT2D eigenvalue weighted by Gasteiger charge is 2.07. The van der Waals surface area contributed by atoms with Gasteiger partial charge in [-0.1, -0.05) is 13.8 Å². The highest BCUT2D eigenvalue weighted by molar-refractivity contribution is 5.94. The number of carbonyl (C=O) groups is 4. The fourth-order valence-corrected chi connectivity index (χ4v) is 3.19. The summed E-state index contributed by atoms with van der Waals surface area (Å²) < 4.78 is 0. The first-order valence-corrected chi connectivity index (χ1v) is 11.8. The number of hydrogen-bond donors (Lipinski definition) is 4. The van der Waals surface area contributed by atoms with Crippen LogP contribution in [0.2, 0.25) is 0 Å². The number of benzene rings is 2. The van der Waals surface area contributed by atoms with Gasteiger partial charge in [-0.25, -0.2) is 0 Å². The second kappa shape index (κ2) is 14.5. The summed E-state index contributed by atoms with van der Waals surface area (Å²) in [5, 5.41) is 11.2. The van der Waals surface area contributed by atoms with Crippen LogP contribution in [-0.2, 0) is 19.2 Å². The zero-order valence-corrected chi connectivity index (χ0v) is 19.9. The standard InChI is InChI=1S/C26H34N4O4/c1-3-7-23(31)27-19-11-15-21(16-12-19)29-25(33)9-5-6-10-26(34)30-22-17-13-20(14-18-22)28-24(32)8-4-2/h11-18H,3-10H2,1-2H3,(H,27,31)(H,28,32)(H,29,33)(H,30,34). The molecule has 0 saturated heterocycles. The van der Waals surface area contributed by atoms with E-state index in [-0.39, 0.29) is 23.6 Å². The second-order valence-corrected chi connectivity index (χ2v) is 8.05. The average molecular weight is 467 g/mol. The van der Waals surface area contributed by atoms with Gasteiger partial charge < -0.3 is 21.3 Å². The van der Waals surface area contributed by atoms with Crippen LogP contribution in [0.5, 0.6) is 0 Å². The molecule has 0 aliphatic heterocycles. The first-order chi connectivity index (χ1) is 16.4. The van der Waals surface area contributed by atoms with E-state index in [9.17, 15) is 19.2 Å². The largest absolute Gasteiger partial charge is 0.326 e. The predicted molar refractivity (Wildman–Crippen MR) is 136 cm³/mol. The third-order valence-electron chi connectivity index (χ3n) is 4.92. The van der Waals surface area contributed by atoms with Crippen molar-refractivity contribution in [2.45, 2.75) is 65.2 Å². The van der Waals surface area contributed by atoms with Crippen LogP contribution in [-0.4, -0.2) is 23.6 Å². The lowest BCUT2D eigenvalue weighted by Crippen LogP contribution is -2.14. The van der Waals surface area contributed by atoms with Crippen molar-refractivity contribution in [3.63, 3.8) is 0 Å². The van der Waals surface area contributed by atoms with E-state index in [1.54, 1.807) is 48.5 Å². The van der Waals surface area contributed by atoms with Crippen molar-refractivity contribution >= 4 is 46.4 Å². The lowest BCUT2D eigenvalue weighted by Gasteiger charge is -2.09. The molecule has 8 heteroatoms. The molecule has 0 aromatic heterocycles. The Bertz CT molecular complexity index is 876. The van der Waals surface area contributed by atoms with E-state index in [0.717, 1.165) is 12.8 Å². The maximum Gasteiger partial charge on any atom is 0.224 e. The van der Waals surface area contributed by atoms with Crippen LogP contribution >= 0.6 is 0 Å². The third kappa shape index (κ3) is 10.3. The van der Waals surface area contributed by atoms with Gasteiger partial charge in [-0.3, -0.25) is 19.2 Å². The minimum atomic E-state index is -0.121. The fraction of sp³-hybridized carbons (Fsp3) is 0.385. The molecule has 8 nitrogen and oxygen atoms in total. The number of unbranched alkanes of at least 4 members (excludes halogenated alkanes) is 1. The van der Waals surface area contributed by atoms with E-state index >= 15 is 0 Å². The molecular formula is C26H34N4O4. The lowest BCUT2D eigenvalue weighted by molar-refractivity contribution is -0.118. The normalized spacial score (nSPS) is 10.3. The molecule has 0 atom stereocenters. The second-order valence-electron chi connectivity index (χ2n) is 8.05. The molecule has 34 heavy (non-hydrogen) atoms. The maximum atomic E-state index is 12.1. The van der Waals surface area contributed by atoms with Crippen molar-refractivity contribution in [3.05, 3.63) is 48.5 Å². The van der Waals surface area contributed by atoms with E-state index < -0.39 is 0 Å². The maximum absolute atomic E-state index is 12.1. The van der Waals surface area contributed by atoms with E-state index in [1.165, 1.54) is 0 Å². The molecule has 0 saturated carbocycles. The molecule has 0 unspecified atom stereocenters. The number of hydrogen-bond acceptors (Lipinski definition) is 4. The van der Waals surface area contributed by atoms with Gasteiger partial charge in [0.25, 0.3) is 0 Å². The van der Waals surface area contributed by atoms with Crippen LogP contribution in [0.1, 0.15) is 65.2 Å². The third-order valence-corrected chi connectivity index (χ3v) is 4.92. The topological polar surface area (TPSA) is 116 Å². The summed E-state index contributed by atoms with van der Waals surface area (Å²) >= 11 is 0. The molecule has 2 rings (SSSR count). The van der Waals surface area contributed by atoms with E-state index in [4.69, 9.17) is 0 Å². The van der Waals surface area contributed by atoms with Crippen LogP contribution in [0.15, 0.2) is 48.5 Å². The van der Waals surface area contributed by atoms with Gasteiger partial charge >= 0.3 is 0 Å². The number of carbonyl (C=O) groups excluding carboxylic acids is 4. The van der Waals surface area contributed by atoms with Crippen molar-refractivity contribution in [2.24, 2.45) is 0 Å².